The molecule has 0 unspecified atom stereocenters. The first-order chi connectivity index (χ1) is 12.8. The summed E-state index contributed by atoms with van der Waals surface area (Å²) in [5, 5.41) is 7.01. The van der Waals surface area contributed by atoms with Gasteiger partial charge in [0.15, 0.2) is 0 Å². The summed E-state index contributed by atoms with van der Waals surface area (Å²) in [5.74, 6) is 0. The van der Waals surface area contributed by atoms with Gasteiger partial charge in [-0.05, 0) is 0 Å². The molecule has 0 aliphatic carbocycles. The maximum atomic E-state index is 7.50. The van der Waals surface area contributed by atoms with Gasteiger partial charge in [0.2, 0.25) is 0 Å². The first kappa shape index (κ1) is 44.1. The van der Waals surface area contributed by atoms with E-state index in [0.717, 1.165) is 0 Å². The second-order valence-corrected chi connectivity index (χ2v) is 21.5. The van der Waals surface area contributed by atoms with Gasteiger partial charge in [-0.1, -0.05) is 0 Å². The van der Waals surface area contributed by atoms with E-state index < -0.39 is 0 Å². The quantitative estimate of drug-likeness (QED) is 0.398. The van der Waals surface area contributed by atoms with Crippen LogP contribution in [0.3, 0.4) is 0 Å². The molecule has 0 aromatic carbocycles. The van der Waals surface area contributed by atoms with Crippen LogP contribution in [0.25, 0.3) is 0 Å². The van der Waals surface area contributed by atoms with Gasteiger partial charge >= 0.3 is 131 Å². The van der Waals surface area contributed by atoms with Gasteiger partial charge in [0.05, 0.1) is 0 Å². The Hall–Kier alpha value is 0.391. The third kappa shape index (κ3) is 10.8. The third-order valence-corrected chi connectivity index (χ3v) is 29.2. The van der Waals surface area contributed by atoms with Crippen molar-refractivity contribution >= 4 is 61.6 Å². The Morgan fingerprint density at radius 2 is 0.600 bits per heavy atom. The maximum absolute atomic E-state index is 7.50. The molecule has 0 aliphatic rings. The summed E-state index contributed by atoms with van der Waals surface area (Å²) in [6.45, 7) is 37.0. The molecule has 8 radical (unpaired) electrons. The van der Waals surface area contributed by atoms with Crippen LogP contribution >= 0.6 is 34.5 Å². The van der Waals surface area contributed by atoms with E-state index in [1.165, 1.54) is 0 Å². The molecule has 0 amide bonds. The van der Waals surface area contributed by atoms with Crippen molar-refractivity contribution in [2.24, 2.45) is 0 Å². The van der Waals surface area contributed by atoms with Crippen molar-refractivity contribution in [1.82, 2.24) is 0 Å². The summed E-state index contributed by atoms with van der Waals surface area (Å²) in [6, 6.07) is 0. The molecule has 0 fully saturated rings. The summed E-state index contributed by atoms with van der Waals surface area (Å²) in [6.07, 6.45) is 0. The third-order valence-electron chi connectivity index (χ3n) is 4.84. The second kappa shape index (κ2) is 24.0. The van der Waals surface area contributed by atoms with Crippen LogP contribution in [0.1, 0.15) is 43.4 Å². The van der Waals surface area contributed by atoms with Gasteiger partial charge in [0.1, 0.15) is 0 Å². The summed E-state index contributed by atoms with van der Waals surface area (Å²) in [4.78, 5) is 30.3. The molecule has 10 heteroatoms. The topological polar surface area (TPSA) is 68.3 Å². The Balaban J connectivity index is -0.000000118. The van der Waals surface area contributed by atoms with Crippen molar-refractivity contribution in [3.8, 4) is 0 Å². The van der Waals surface area contributed by atoms with Crippen LogP contribution in [0.15, 0.2) is 0 Å². The van der Waals surface area contributed by atoms with Gasteiger partial charge in [0.25, 0.3) is 27.2 Å². The van der Waals surface area contributed by atoms with E-state index in [0.29, 0.717) is 0 Å². The number of rotatable bonds is 2. The van der Waals surface area contributed by atoms with Gasteiger partial charge in [-0.2, -0.15) is 0 Å². The molecule has 0 saturated heterocycles. The molecule has 4 nitrogen and oxygen atoms in total. The van der Waals surface area contributed by atoms with Crippen LogP contribution in [-0.4, -0.2) is 27.2 Å². The molecule has 0 spiro atoms. The van der Waals surface area contributed by atoms with Crippen LogP contribution in [0.4, 0.5) is 0 Å². The van der Waals surface area contributed by atoms with Crippen molar-refractivity contribution in [2.45, 2.75) is 55.4 Å². The van der Waals surface area contributed by atoms with Crippen molar-refractivity contribution in [2.75, 3.05) is 0 Å². The van der Waals surface area contributed by atoms with E-state index in [-0.39, 0.29) is 77.6 Å². The van der Waals surface area contributed by atoms with E-state index in [1.807, 2.05) is 0 Å². The van der Waals surface area contributed by atoms with Crippen molar-refractivity contribution in [3.05, 3.63) is 43.4 Å². The molecule has 30 heavy (non-hydrogen) atoms. The largest absolute Gasteiger partial charge is 0.281 e. The number of carbonyl (C=O) groups excluding carboxylic acids is 4. The zero-order chi connectivity index (χ0) is 22.5. The Labute approximate surface area is 221 Å². The summed E-state index contributed by atoms with van der Waals surface area (Å²) < 4.78 is 0. The fraction of sp³-hybridized carbons (Fsp3) is 0.400. The Kier molecular flexibility index (Phi) is 35.4. The molecule has 2 rings (SSSR count). The zero-order valence-electron chi connectivity index (χ0n) is 18.3. The minimum Gasteiger partial charge on any atom is -0.281 e. The predicted molar refractivity (Wildman–Crippen MR) is 124 cm³/mol. The van der Waals surface area contributed by atoms with Crippen molar-refractivity contribution in [1.29, 1.82) is 0 Å². The van der Waals surface area contributed by atoms with Crippen LogP contribution in [0.5, 0.6) is 0 Å². The van der Waals surface area contributed by atoms with Gasteiger partial charge in [-0.3, -0.25) is 19.2 Å². The van der Waals surface area contributed by atoms with E-state index in [2.05, 4.69) is 82.5 Å². The van der Waals surface area contributed by atoms with E-state index in [4.69, 9.17) is 19.2 Å². The molecule has 0 saturated carbocycles. The molecule has 0 atom stereocenters. The minimum atomic E-state index is -0.379. The molecular formula is C20H26Cl2O4P2WZr. The SMILES string of the molecule is Cc1c(C)c(C)[p]([Zr][p]2c(C)c(C)c(C)c2C)c1C.Cl.Cl.[C]=O.[C]=O.[C]=O.[C]=O.[W]. The summed E-state index contributed by atoms with van der Waals surface area (Å²) in [5.41, 5.74) is 6.43. The van der Waals surface area contributed by atoms with Crippen LogP contribution in [-0.2, 0) is 62.3 Å². The Morgan fingerprint density at radius 3 is 0.733 bits per heavy atom. The smallest absolute Gasteiger partial charge is 0.281 e. The van der Waals surface area contributed by atoms with E-state index >= 15 is 0 Å². The van der Waals surface area contributed by atoms with Gasteiger partial charge in [-0.25, -0.2) is 0 Å². The fourth-order valence-electron chi connectivity index (χ4n) is 2.66. The normalized spacial score (nSPS) is 7.60. The van der Waals surface area contributed by atoms with E-state index in [9.17, 15) is 0 Å². The van der Waals surface area contributed by atoms with Crippen LogP contribution < -0.4 is 0 Å². The second-order valence-electron chi connectivity index (χ2n) is 5.61. The average molecular weight is 738 g/mol. The molecule has 2 aromatic heterocycles. The van der Waals surface area contributed by atoms with Gasteiger partial charge in [-0.15, -0.1) is 24.8 Å². The standard InChI is InChI=1S/2C8H12P.4CO.2ClH.W.Zr/c2*1-5-6(2)8(4)9-7(5)3;4*1-2;;;;/h2*1-4H3;;;;;2*1H;;/q2*-1;;;;;;;;+2. The predicted octanol–water partition coefficient (Wildman–Crippen LogP) is 5.69. The van der Waals surface area contributed by atoms with Gasteiger partial charge in [0, 0.05) is 21.1 Å². The number of hydrogen-bond acceptors (Lipinski definition) is 4. The molecule has 2 heterocycles. The monoisotopic (exact) mass is 736 g/mol. The molecule has 0 bridgehead atoms. The molecule has 0 aliphatic heterocycles. The summed E-state index contributed by atoms with van der Waals surface area (Å²) >= 11 is -0.379. The van der Waals surface area contributed by atoms with Crippen molar-refractivity contribution < 1.29 is 62.3 Å². The average Bonchev–Trinajstić information content (AvgIpc) is 3.03. The molecule has 164 valence electrons. The van der Waals surface area contributed by atoms with Crippen LogP contribution in [0, 0.1) is 55.4 Å². The maximum Gasteiger partial charge on any atom is 0.281 e. The number of halogens is 2. The fourth-order valence-corrected chi connectivity index (χ4v) is 31.5. The summed E-state index contributed by atoms with van der Waals surface area (Å²) in [7, 11) is 0. The Bertz CT molecular complexity index is 622. The van der Waals surface area contributed by atoms with Gasteiger partial charge < -0.3 is 0 Å². The number of hydrogen-bond donors (Lipinski definition) is 0. The first-order valence-corrected chi connectivity index (χ1v) is 16.9. The Morgan fingerprint density at radius 1 is 0.467 bits per heavy atom. The van der Waals surface area contributed by atoms with Crippen LogP contribution in [0.2, 0.25) is 0 Å². The minimum absolute atomic E-state index is 0. The van der Waals surface area contributed by atoms with E-state index in [1.54, 1.807) is 43.4 Å². The zero-order valence-corrected chi connectivity index (χ0v) is 27.1. The van der Waals surface area contributed by atoms with Crippen molar-refractivity contribution in [3.63, 3.8) is 0 Å². The molecular weight excluding hydrogens is 712 g/mol. The molecule has 0 N–H and O–H groups in total. The molecule has 2 aromatic rings. The first-order valence-electron chi connectivity index (χ1n) is 7.66.